The van der Waals surface area contributed by atoms with Crippen molar-refractivity contribution in [3.8, 4) is 0 Å². The van der Waals surface area contributed by atoms with Gasteiger partial charge in [0, 0.05) is 17.3 Å². The third-order valence-corrected chi connectivity index (χ3v) is 7.36. The van der Waals surface area contributed by atoms with Crippen LogP contribution >= 0.6 is 0 Å². The molecule has 0 bridgehead atoms. The maximum atomic E-state index is 12.4. The SMILES string of the molecule is C=C1C=C[C@@]2(C)C(=C1)CC[C@@H]1[C@H]2CC[C@]2(C)C(=O)CC[C@H]12. The lowest BCUT2D eigenvalue weighted by Crippen LogP contribution is -2.49. The number of rotatable bonds is 0. The zero-order valence-corrected chi connectivity index (χ0v) is 13.3. The molecular formula is C20H26O. The van der Waals surface area contributed by atoms with Crippen molar-refractivity contribution in [1.82, 2.24) is 0 Å². The molecule has 4 aliphatic rings. The molecule has 3 fully saturated rings. The fourth-order valence-electron chi connectivity index (χ4n) is 6.05. The van der Waals surface area contributed by atoms with Crippen molar-refractivity contribution in [3.05, 3.63) is 36.0 Å². The molecule has 0 aromatic rings. The molecule has 0 N–H and O–H groups in total. The molecule has 1 heteroatoms. The van der Waals surface area contributed by atoms with Gasteiger partial charge in [-0.2, -0.15) is 0 Å². The lowest BCUT2D eigenvalue weighted by Gasteiger charge is -2.55. The number of allylic oxidation sites excluding steroid dienone is 5. The third kappa shape index (κ3) is 1.67. The second-order valence-electron chi connectivity index (χ2n) is 8.19. The second kappa shape index (κ2) is 4.21. The van der Waals surface area contributed by atoms with E-state index in [-0.39, 0.29) is 10.8 Å². The average molecular weight is 282 g/mol. The minimum absolute atomic E-state index is 0.000717. The van der Waals surface area contributed by atoms with Gasteiger partial charge in [-0.1, -0.05) is 44.2 Å². The van der Waals surface area contributed by atoms with Crippen LogP contribution in [0.1, 0.15) is 52.4 Å². The highest BCUT2D eigenvalue weighted by Gasteiger charge is 2.58. The zero-order chi connectivity index (χ0) is 14.8. The summed E-state index contributed by atoms with van der Waals surface area (Å²) in [5.41, 5.74) is 2.96. The Labute approximate surface area is 128 Å². The summed E-state index contributed by atoms with van der Waals surface area (Å²) in [7, 11) is 0. The molecule has 0 unspecified atom stereocenters. The predicted molar refractivity (Wildman–Crippen MR) is 85.8 cm³/mol. The van der Waals surface area contributed by atoms with Crippen LogP contribution in [0.5, 0.6) is 0 Å². The summed E-state index contributed by atoms with van der Waals surface area (Å²) in [5.74, 6) is 2.66. The van der Waals surface area contributed by atoms with Crippen molar-refractivity contribution in [3.63, 3.8) is 0 Å². The molecule has 4 aliphatic carbocycles. The first-order valence-corrected chi connectivity index (χ1v) is 8.58. The fraction of sp³-hybridized carbons (Fsp3) is 0.650. The van der Waals surface area contributed by atoms with Crippen molar-refractivity contribution >= 4 is 5.78 Å². The highest BCUT2D eigenvalue weighted by atomic mass is 16.1. The van der Waals surface area contributed by atoms with Crippen molar-refractivity contribution in [2.45, 2.75) is 52.4 Å². The van der Waals surface area contributed by atoms with Gasteiger partial charge in [0.05, 0.1) is 0 Å². The fourth-order valence-corrected chi connectivity index (χ4v) is 6.05. The maximum Gasteiger partial charge on any atom is 0.139 e. The first kappa shape index (κ1) is 13.5. The Morgan fingerprint density at radius 1 is 1.14 bits per heavy atom. The molecule has 5 atom stereocenters. The molecule has 0 aromatic carbocycles. The lowest BCUT2D eigenvalue weighted by atomic mass is 9.48. The molecule has 3 saturated carbocycles. The largest absolute Gasteiger partial charge is 0.299 e. The predicted octanol–water partition coefficient (Wildman–Crippen LogP) is 4.85. The van der Waals surface area contributed by atoms with Gasteiger partial charge >= 0.3 is 0 Å². The maximum absolute atomic E-state index is 12.4. The van der Waals surface area contributed by atoms with Gasteiger partial charge in [-0.05, 0) is 55.4 Å². The molecule has 0 radical (unpaired) electrons. The van der Waals surface area contributed by atoms with Gasteiger partial charge in [0.2, 0.25) is 0 Å². The van der Waals surface area contributed by atoms with E-state index < -0.39 is 0 Å². The van der Waals surface area contributed by atoms with Gasteiger partial charge in [-0.3, -0.25) is 4.79 Å². The van der Waals surface area contributed by atoms with E-state index in [0.29, 0.717) is 11.7 Å². The van der Waals surface area contributed by atoms with E-state index in [4.69, 9.17) is 0 Å². The van der Waals surface area contributed by atoms with E-state index in [2.05, 4.69) is 38.7 Å². The van der Waals surface area contributed by atoms with Gasteiger partial charge in [-0.15, -0.1) is 0 Å². The van der Waals surface area contributed by atoms with E-state index in [9.17, 15) is 4.79 Å². The summed E-state index contributed by atoms with van der Waals surface area (Å²) in [6.07, 6.45) is 13.7. The summed E-state index contributed by atoms with van der Waals surface area (Å²) >= 11 is 0. The van der Waals surface area contributed by atoms with Gasteiger partial charge < -0.3 is 0 Å². The Morgan fingerprint density at radius 2 is 1.95 bits per heavy atom. The highest BCUT2D eigenvalue weighted by molar-refractivity contribution is 5.87. The van der Waals surface area contributed by atoms with Crippen molar-refractivity contribution in [1.29, 1.82) is 0 Å². The minimum atomic E-state index is 0.000717. The highest BCUT2D eigenvalue weighted by Crippen LogP contribution is 2.63. The van der Waals surface area contributed by atoms with Gasteiger partial charge in [0.15, 0.2) is 0 Å². The first-order chi connectivity index (χ1) is 9.95. The molecule has 4 rings (SSSR count). The number of carbonyl (C=O) groups excluding carboxylic acids is 1. The van der Waals surface area contributed by atoms with Crippen LogP contribution in [0.4, 0.5) is 0 Å². The summed E-state index contributed by atoms with van der Waals surface area (Å²) < 4.78 is 0. The number of ketones is 1. The number of fused-ring (bicyclic) bond motifs is 5. The monoisotopic (exact) mass is 282 g/mol. The van der Waals surface area contributed by atoms with Crippen molar-refractivity contribution in [2.24, 2.45) is 28.6 Å². The van der Waals surface area contributed by atoms with Crippen molar-refractivity contribution < 1.29 is 4.79 Å². The van der Waals surface area contributed by atoms with Crippen LogP contribution in [-0.4, -0.2) is 5.78 Å². The molecule has 0 saturated heterocycles. The van der Waals surface area contributed by atoms with Crippen LogP contribution in [0, 0.1) is 28.6 Å². The van der Waals surface area contributed by atoms with Gasteiger partial charge in [0.1, 0.15) is 5.78 Å². The Morgan fingerprint density at radius 3 is 2.76 bits per heavy atom. The van der Waals surface area contributed by atoms with Crippen LogP contribution in [0.25, 0.3) is 0 Å². The van der Waals surface area contributed by atoms with Crippen LogP contribution < -0.4 is 0 Å². The normalized spacial score (nSPS) is 48.5. The molecule has 21 heavy (non-hydrogen) atoms. The minimum Gasteiger partial charge on any atom is -0.299 e. The number of hydrogen-bond donors (Lipinski definition) is 0. The van der Waals surface area contributed by atoms with E-state index in [0.717, 1.165) is 36.7 Å². The molecule has 0 aliphatic heterocycles. The molecule has 112 valence electrons. The average Bonchev–Trinajstić information content (AvgIpc) is 2.76. The van der Waals surface area contributed by atoms with Crippen LogP contribution in [0.3, 0.4) is 0 Å². The summed E-state index contributed by atoms with van der Waals surface area (Å²) in [4.78, 5) is 12.4. The molecular weight excluding hydrogens is 256 g/mol. The van der Waals surface area contributed by atoms with Gasteiger partial charge in [-0.25, -0.2) is 0 Å². The molecule has 0 aromatic heterocycles. The van der Waals surface area contributed by atoms with E-state index in [1.807, 2.05) is 0 Å². The summed E-state index contributed by atoms with van der Waals surface area (Å²) in [5, 5.41) is 0. The topological polar surface area (TPSA) is 17.1 Å². The van der Waals surface area contributed by atoms with Crippen LogP contribution in [0.2, 0.25) is 0 Å². The van der Waals surface area contributed by atoms with E-state index >= 15 is 0 Å². The van der Waals surface area contributed by atoms with Crippen molar-refractivity contribution in [2.75, 3.05) is 0 Å². The van der Waals surface area contributed by atoms with E-state index in [1.165, 1.54) is 19.3 Å². The summed E-state index contributed by atoms with van der Waals surface area (Å²) in [6.45, 7) is 8.79. The number of Topliss-reactive ketones (excluding diaryl/α,β-unsaturated/α-hetero) is 1. The van der Waals surface area contributed by atoms with Crippen LogP contribution in [0.15, 0.2) is 36.0 Å². The number of hydrogen-bond acceptors (Lipinski definition) is 1. The first-order valence-electron chi connectivity index (χ1n) is 8.58. The molecule has 0 spiro atoms. The van der Waals surface area contributed by atoms with Crippen LogP contribution in [-0.2, 0) is 4.79 Å². The Balaban J connectivity index is 1.72. The Kier molecular flexibility index (Phi) is 2.72. The quantitative estimate of drug-likeness (QED) is 0.620. The third-order valence-electron chi connectivity index (χ3n) is 7.36. The van der Waals surface area contributed by atoms with Gasteiger partial charge in [0.25, 0.3) is 0 Å². The standard InChI is InChI=1S/C20H26O/c1-13-8-10-19(2)14(12-13)4-5-15-16-6-7-18(21)20(16,3)11-9-17(15)19/h8,10,12,15-17H,1,4-7,9,11H2,2-3H3/t15-,16+,17+,19-,20-/m0/s1. The summed E-state index contributed by atoms with van der Waals surface area (Å²) in [6, 6.07) is 0. The lowest BCUT2D eigenvalue weighted by molar-refractivity contribution is -0.131. The molecule has 1 nitrogen and oxygen atoms in total. The second-order valence-corrected chi connectivity index (χ2v) is 8.19. The zero-order valence-electron chi connectivity index (χ0n) is 13.3. The molecule has 0 heterocycles. The number of carbonyl (C=O) groups is 1. The molecule has 0 amide bonds. The Bertz CT molecular complexity index is 581. The van der Waals surface area contributed by atoms with E-state index in [1.54, 1.807) is 5.57 Å². The Hall–Kier alpha value is -1.11. The smallest absolute Gasteiger partial charge is 0.139 e.